The van der Waals surface area contributed by atoms with Crippen molar-refractivity contribution in [2.75, 3.05) is 0 Å². The van der Waals surface area contributed by atoms with Crippen molar-refractivity contribution in [3.8, 4) is 0 Å². The SMILES string of the molecule is Cc1nc(C)c(C(N)c2ncnn2C(C)C)s1. The molecular weight excluding hydrogens is 234 g/mol. The van der Waals surface area contributed by atoms with Crippen LogP contribution in [0.3, 0.4) is 0 Å². The number of thiazole rings is 1. The van der Waals surface area contributed by atoms with Gasteiger partial charge in [0.05, 0.1) is 15.6 Å². The molecule has 0 amide bonds. The van der Waals surface area contributed by atoms with Gasteiger partial charge in [0.1, 0.15) is 18.2 Å². The van der Waals surface area contributed by atoms with Crippen LogP contribution >= 0.6 is 11.3 Å². The summed E-state index contributed by atoms with van der Waals surface area (Å²) >= 11 is 1.62. The van der Waals surface area contributed by atoms with E-state index in [1.165, 1.54) is 0 Å². The summed E-state index contributed by atoms with van der Waals surface area (Å²) in [4.78, 5) is 9.73. The molecule has 2 heterocycles. The van der Waals surface area contributed by atoms with Crippen molar-refractivity contribution in [3.63, 3.8) is 0 Å². The van der Waals surface area contributed by atoms with Crippen molar-refractivity contribution in [2.24, 2.45) is 5.73 Å². The highest BCUT2D eigenvalue weighted by Crippen LogP contribution is 2.27. The van der Waals surface area contributed by atoms with Gasteiger partial charge >= 0.3 is 0 Å². The second kappa shape index (κ2) is 4.54. The molecule has 0 aromatic carbocycles. The van der Waals surface area contributed by atoms with Crippen LogP contribution in [0.2, 0.25) is 0 Å². The van der Waals surface area contributed by atoms with Crippen LogP contribution in [0.1, 0.15) is 47.3 Å². The molecule has 6 heteroatoms. The minimum Gasteiger partial charge on any atom is -0.317 e. The van der Waals surface area contributed by atoms with Gasteiger partial charge in [-0.15, -0.1) is 11.3 Å². The third-order valence-corrected chi connectivity index (χ3v) is 3.75. The molecule has 0 bridgehead atoms. The predicted molar refractivity (Wildman–Crippen MR) is 68.0 cm³/mol. The van der Waals surface area contributed by atoms with Crippen LogP contribution in [-0.2, 0) is 0 Å². The molecule has 2 rings (SSSR count). The lowest BCUT2D eigenvalue weighted by atomic mass is 10.2. The Labute approximate surface area is 105 Å². The first-order chi connectivity index (χ1) is 8.00. The molecule has 0 aliphatic heterocycles. The Morgan fingerprint density at radius 1 is 1.35 bits per heavy atom. The lowest BCUT2D eigenvalue weighted by molar-refractivity contribution is 0.495. The molecule has 0 aliphatic rings. The lowest BCUT2D eigenvalue weighted by Crippen LogP contribution is -2.19. The van der Waals surface area contributed by atoms with Gasteiger partial charge in [0.2, 0.25) is 0 Å². The average molecular weight is 251 g/mol. The molecule has 0 aliphatic carbocycles. The third-order valence-electron chi connectivity index (χ3n) is 2.59. The van der Waals surface area contributed by atoms with Gasteiger partial charge in [-0.1, -0.05) is 0 Å². The molecule has 0 saturated heterocycles. The zero-order valence-electron chi connectivity index (χ0n) is 10.5. The summed E-state index contributed by atoms with van der Waals surface area (Å²) < 4.78 is 1.86. The fraction of sp³-hybridized carbons (Fsp3) is 0.545. The maximum atomic E-state index is 6.26. The summed E-state index contributed by atoms with van der Waals surface area (Å²) in [6, 6.07) is 0.0129. The van der Waals surface area contributed by atoms with E-state index in [9.17, 15) is 0 Å². The van der Waals surface area contributed by atoms with Gasteiger partial charge in [0.15, 0.2) is 0 Å². The number of aromatic nitrogens is 4. The minimum absolute atomic E-state index is 0.244. The highest BCUT2D eigenvalue weighted by Gasteiger charge is 2.21. The molecule has 0 saturated carbocycles. The number of hydrogen-bond donors (Lipinski definition) is 1. The van der Waals surface area contributed by atoms with Crippen LogP contribution in [0.15, 0.2) is 6.33 Å². The van der Waals surface area contributed by atoms with Crippen LogP contribution in [0, 0.1) is 13.8 Å². The van der Waals surface area contributed by atoms with E-state index < -0.39 is 0 Å². The summed E-state index contributed by atoms with van der Waals surface area (Å²) in [7, 11) is 0. The molecule has 1 atom stereocenters. The standard InChI is InChI=1S/C11H17N5S/c1-6(2)16-11(13-5-14-16)9(12)10-7(3)15-8(4)17-10/h5-6,9H,12H2,1-4H3. The fourth-order valence-corrected chi connectivity index (χ4v) is 2.76. The molecule has 17 heavy (non-hydrogen) atoms. The molecule has 0 fully saturated rings. The van der Waals surface area contributed by atoms with E-state index in [1.807, 2.05) is 18.5 Å². The Bertz CT molecular complexity index is 514. The summed E-state index contributed by atoms with van der Waals surface area (Å²) in [6.07, 6.45) is 1.55. The summed E-state index contributed by atoms with van der Waals surface area (Å²) in [6.45, 7) is 8.10. The van der Waals surface area contributed by atoms with Crippen molar-refractivity contribution in [2.45, 2.75) is 39.8 Å². The van der Waals surface area contributed by atoms with E-state index in [1.54, 1.807) is 17.7 Å². The van der Waals surface area contributed by atoms with E-state index in [0.29, 0.717) is 0 Å². The summed E-state index contributed by atoms with van der Waals surface area (Å²) in [5.41, 5.74) is 7.25. The Morgan fingerprint density at radius 3 is 2.59 bits per heavy atom. The van der Waals surface area contributed by atoms with Crippen LogP contribution in [-0.4, -0.2) is 19.7 Å². The molecule has 0 spiro atoms. The van der Waals surface area contributed by atoms with Crippen LogP contribution in [0.5, 0.6) is 0 Å². The number of nitrogens with zero attached hydrogens (tertiary/aromatic N) is 4. The molecule has 5 nitrogen and oxygen atoms in total. The van der Waals surface area contributed by atoms with Crippen LogP contribution in [0.4, 0.5) is 0 Å². The Kier molecular flexibility index (Phi) is 3.26. The summed E-state index contributed by atoms with van der Waals surface area (Å²) in [5.74, 6) is 0.798. The zero-order chi connectivity index (χ0) is 12.6. The minimum atomic E-state index is -0.244. The first-order valence-corrected chi connectivity index (χ1v) is 6.41. The quantitative estimate of drug-likeness (QED) is 0.905. The molecule has 2 aromatic heterocycles. The van der Waals surface area contributed by atoms with Crippen molar-refractivity contribution in [3.05, 3.63) is 27.7 Å². The van der Waals surface area contributed by atoms with Gasteiger partial charge in [0.25, 0.3) is 0 Å². The average Bonchev–Trinajstić information content (AvgIpc) is 2.83. The number of hydrogen-bond acceptors (Lipinski definition) is 5. The van der Waals surface area contributed by atoms with Crippen molar-refractivity contribution < 1.29 is 0 Å². The number of nitrogens with two attached hydrogens (primary N) is 1. The Balaban J connectivity index is 2.40. The highest BCUT2D eigenvalue weighted by atomic mass is 32.1. The van der Waals surface area contributed by atoms with Gasteiger partial charge in [-0.25, -0.2) is 14.6 Å². The van der Waals surface area contributed by atoms with E-state index >= 15 is 0 Å². The maximum Gasteiger partial charge on any atom is 0.149 e. The molecule has 0 radical (unpaired) electrons. The first-order valence-electron chi connectivity index (χ1n) is 5.59. The highest BCUT2D eigenvalue weighted by molar-refractivity contribution is 7.11. The van der Waals surface area contributed by atoms with Crippen LogP contribution < -0.4 is 5.73 Å². The Hall–Kier alpha value is -1.27. The van der Waals surface area contributed by atoms with E-state index in [2.05, 4.69) is 28.9 Å². The van der Waals surface area contributed by atoms with Crippen molar-refractivity contribution in [1.29, 1.82) is 0 Å². The smallest absolute Gasteiger partial charge is 0.149 e. The van der Waals surface area contributed by atoms with Crippen molar-refractivity contribution >= 4 is 11.3 Å². The molecular formula is C11H17N5S. The van der Waals surface area contributed by atoms with Gasteiger partial charge < -0.3 is 5.73 Å². The van der Waals surface area contributed by atoms with Gasteiger partial charge in [-0.2, -0.15) is 5.10 Å². The first kappa shape index (κ1) is 12.2. The van der Waals surface area contributed by atoms with E-state index in [0.717, 1.165) is 21.4 Å². The largest absolute Gasteiger partial charge is 0.317 e. The third kappa shape index (κ3) is 2.23. The summed E-state index contributed by atoms with van der Waals surface area (Å²) in [5, 5.41) is 5.24. The predicted octanol–water partition coefficient (Wildman–Crippen LogP) is 1.98. The molecule has 92 valence electrons. The van der Waals surface area contributed by atoms with Gasteiger partial charge in [-0.05, 0) is 27.7 Å². The van der Waals surface area contributed by atoms with Gasteiger partial charge in [-0.3, -0.25) is 0 Å². The second-order valence-electron chi connectivity index (χ2n) is 4.32. The lowest BCUT2D eigenvalue weighted by Gasteiger charge is -2.14. The second-order valence-corrected chi connectivity index (χ2v) is 5.55. The fourth-order valence-electron chi connectivity index (χ4n) is 1.83. The maximum absolute atomic E-state index is 6.26. The van der Waals surface area contributed by atoms with E-state index in [-0.39, 0.29) is 12.1 Å². The monoisotopic (exact) mass is 251 g/mol. The normalized spacial score (nSPS) is 13.3. The zero-order valence-corrected chi connectivity index (χ0v) is 11.3. The molecule has 2 aromatic rings. The number of rotatable bonds is 3. The number of aryl methyl sites for hydroxylation is 2. The van der Waals surface area contributed by atoms with Gasteiger partial charge in [0, 0.05) is 6.04 Å². The molecule has 1 unspecified atom stereocenters. The molecule has 2 N–H and O–H groups in total. The van der Waals surface area contributed by atoms with Crippen molar-refractivity contribution in [1.82, 2.24) is 19.7 Å². The van der Waals surface area contributed by atoms with E-state index in [4.69, 9.17) is 5.73 Å². The topological polar surface area (TPSA) is 69.6 Å². The Morgan fingerprint density at radius 2 is 2.06 bits per heavy atom. The van der Waals surface area contributed by atoms with Crippen LogP contribution in [0.25, 0.3) is 0 Å².